The molecule has 1 heterocycles. The van der Waals surface area contributed by atoms with Gasteiger partial charge in [0.15, 0.2) is 0 Å². The van der Waals surface area contributed by atoms with E-state index in [1.54, 1.807) is 0 Å². The summed E-state index contributed by atoms with van der Waals surface area (Å²) in [5, 5.41) is 3.65. The molecule has 1 N–H and O–H groups in total. The first-order valence-electron chi connectivity index (χ1n) is 6.97. The van der Waals surface area contributed by atoms with E-state index in [4.69, 9.17) is 0 Å². The maximum absolute atomic E-state index is 3.65. The lowest BCUT2D eigenvalue weighted by molar-refractivity contribution is 0.167. The van der Waals surface area contributed by atoms with E-state index in [2.05, 4.69) is 37.2 Å². The third kappa shape index (κ3) is 7.32. The Morgan fingerprint density at radius 3 is 2.76 bits per heavy atom. The monoisotopic (exact) mass is 258 g/mol. The zero-order valence-electron chi connectivity index (χ0n) is 12.1. The third-order valence-electron chi connectivity index (χ3n) is 3.35. The van der Waals surface area contributed by atoms with E-state index in [1.165, 1.54) is 51.2 Å². The fourth-order valence-corrected chi connectivity index (χ4v) is 2.82. The molecule has 0 aromatic carbocycles. The van der Waals surface area contributed by atoms with Gasteiger partial charge >= 0.3 is 0 Å². The summed E-state index contributed by atoms with van der Waals surface area (Å²) in [6, 6.07) is 0. The summed E-state index contributed by atoms with van der Waals surface area (Å²) in [5.74, 6) is 2.17. The molecule has 0 radical (unpaired) electrons. The van der Waals surface area contributed by atoms with Crippen molar-refractivity contribution in [2.24, 2.45) is 5.92 Å². The van der Waals surface area contributed by atoms with Gasteiger partial charge in [0.25, 0.3) is 0 Å². The summed E-state index contributed by atoms with van der Waals surface area (Å²) in [7, 11) is 0. The summed E-state index contributed by atoms with van der Waals surface area (Å²) >= 11 is 1.97. The topological polar surface area (TPSA) is 15.3 Å². The first-order valence-corrected chi connectivity index (χ1v) is 8.37. The second-order valence-corrected chi connectivity index (χ2v) is 7.27. The molecule has 0 aromatic heterocycles. The number of likely N-dealkylation sites (tertiary alicyclic amines) is 1. The Balaban J connectivity index is 2.19. The van der Waals surface area contributed by atoms with Crippen LogP contribution in [0.15, 0.2) is 0 Å². The van der Waals surface area contributed by atoms with Crippen molar-refractivity contribution in [3.8, 4) is 0 Å². The van der Waals surface area contributed by atoms with Crippen LogP contribution in [0.1, 0.15) is 40.0 Å². The quantitative estimate of drug-likeness (QED) is 0.738. The molecule has 1 fully saturated rings. The van der Waals surface area contributed by atoms with Gasteiger partial charge < -0.3 is 10.2 Å². The van der Waals surface area contributed by atoms with Crippen molar-refractivity contribution in [3.05, 3.63) is 0 Å². The fraction of sp³-hybridized carbons (Fsp3) is 1.00. The van der Waals surface area contributed by atoms with Gasteiger partial charge in [-0.15, -0.1) is 0 Å². The minimum Gasteiger partial charge on any atom is -0.312 e. The van der Waals surface area contributed by atoms with Crippen molar-refractivity contribution in [1.29, 1.82) is 0 Å². The molecule has 102 valence electrons. The van der Waals surface area contributed by atoms with Crippen LogP contribution in [0.3, 0.4) is 0 Å². The normalized spacial score (nSPS) is 22.9. The Morgan fingerprint density at radius 2 is 2.12 bits per heavy atom. The van der Waals surface area contributed by atoms with Crippen molar-refractivity contribution in [2.75, 3.05) is 38.2 Å². The number of rotatable bonds is 6. The lowest BCUT2D eigenvalue weighted by Gasteiger charge is -2.34. The molecule has 1 rings (SSSR count). The van der Waals surface area contributed by atoms with Gasteiger partial charge in [-0.2, -0.15) is 11.8 Å². The summed E-state index contributed by atoms with van der Waals surface area (Å²) in [4.78, 5) is 2.66. The molecule has 0 bridgehead atoms. The molecular formula is C14H30N2S. The van der Waals surface area contributed by atoms with Crippen molar-refractivity contribution < 1.29 is 0 Å². The highest BCUT2D eigenvalue weighted by Gasteiger charge is 2.20. The molecule has 0 spiro atoms. The summed E-state index contributed by atoms with van der Waals surface area (Å²) in [6.45, 7) is 11.9. The highest BCUT2D eigenvalue weighted by molar-refractivity contribution is 7.98. The number of nitrogens with one attached hydrogen (secondary N) is 1. The van der Waals surface area contributed by atoms with Gasteiger partial charge in [0.2, 0.25) is 0 Å². The molecule has 0 aliphatic carbocycles. The maximum Gasteiger partial charge on any atom is 0.00966 e. The van der Waals surface area contributed by atoms with E-state index in [0.29, 0.717) is 0 Å². The van der Waals surface area contributed by atoms with Gasteiger partial charge in [-0.1, -0.05) is 0 Å². The van der Waals surface area contributed by atoms with E-state index in [1.807, 2.05) is 11.8 Å². The van der Waals surface area contributed by atoms with Gasteiger partial charge in [0, 0.05) is 12.1 Å². The Morgan fingerprint density at radius 1 is 1.35 bits per heavy atom. The Labute approximate surface area is 112 Å². The molecule has 3 heteroatoms. The third-order valence-corrected chi connectivity index (χ3v) is 4.04. The first kappa shape index (κ1) is 15.3. The minimum absolute atomic E-state index is 0.265. The van der Waals surface area contributed by atoms with Gasteiger partial charge in [0.1, 0.15) is 0 Å². The van der Waals surface area contributed by atoms with Crippen LogP contribution in [0.5, 0.6) is 0 Å². The molecule has 0 saturated carbocycles. The molecule has 2 nitrogen and oxygen atoms in total. The zero-order valence-corrected chi connectivity index (χ0v) is 12.9. The number of hydrogen-bond acceptors (Lipinski definition) is 3. The average molecular weight is 258 g/mol. The first-order chi connectivity index (χ1) is 8.01. The SMILES string of the molecule is CSCCCN1CCCC(CNC(C)(C)C)C1. The smallest absolute Gasteiger partial charge is 0.00966 e. The number of nitrogens with zero attached hydrogens (tertiary/aromatic N) is 1. The lowest BCUT2D eigenvalue weighted by Crippen LogP contribution is -2.44. The van der Waals surface area contributed by atoms with Crippen LogP contribution >= 0.6 is 11.8 Å². The summed E-state index contributed by atoms with van der Waals surface area (Å²) < 4.78 is 0. The predicted molar refractivity (Wildman–Crippen MR) is 79.9 cm³/mol. The van der Waals surface area contributed by atoms with E-state index < -0.39 is 0 Å². The molecule has 1 aliphatic rings. The van der Waals surface area contributed by atoms with Crippen LogP contribution in [0.25, 0.3) is 0 Å². The Kier molecular flexibility index (Phi) is 6.90. The van der Waals surface area contributed by atoms with Crippen LogP contribution in [0, 0.1) is 5.92 Å². The van der Waals surface area contributed by atoms with E-state index in [0.717, 1.165) is 5.92 Å². The summed E-state index contributed by atoms with van der Waals surface area (Å²) in [6.07, 6.45) is 6.34. The maximum atomic E-state index is 3.65. The van der Waals surface area contributed by atoms with Crippen LogP contribution in [0.2, 0.25) is 0 Å². The second kappa shape index (κ2) is 7.65. The largest absolute Gasteiger partial charge is 0.312 e. The summed E-state index contributed by atoms with van der Waals surface area (Å²) in [5.41, 5.74) is 0.265. The highest BCUT2D eigenvalue weighted by atomic mass is 32.2. The molecule has 1 saturated heterocycles. The van der Waals surface area contributed by atoms with Crippen LogP contribution in [0.4, 0.5) is 0 Å². The molecule has 0 aromatic rings. The van der Waals surface area contributed by atoms with Gasteiger partial charge in [-0.3, -0.25) is 0 Å². The van der Waals surface area contributed by atoms with Crippen molar-refractivity contribution in [3.63, 3.8) is 0 Å². The van der Waals surface area contributed by atoms with E-state index >= 15 is 0 Å². The number of hydrogen-bond donors (Lipinski definition) is 1. The van der Waals surface area contributed by atoms with Gasteiger partial charge in [-0.05, 0) is 77.6 Å². The van der Waals surface area contributed by atoms with Crippen molar-refractivity contribution in [2.45, 2.75) is 45.6 Å². The molecule has 1 atom stereocenters. The van der Waals surface area contributed by atoms with E-state index in [-0.39, 0.29) is 5.54 Å². The predicted octanol–water partition coefficient (Wildman–Crippen LogP) is 2.84. The Hall–Kier alpha value is 0.270. The lowest BCUT2D eigenvalue weighted by atomic mass is 9.96. The number of piperidine rings is 1. The number of thioether (sulfide) groups is 1. The fourth-order valence-electron chi connectivity index (χ4n) is 2.40. The van der Waals surface area contributed by atoms with Crippen molar-refractivity contribution >= 4 is 11.8 Å². The van der Waals surface area contributed by atoms with Crippen LogP contribution in [-0.2, 0) is 0 Å². The van der Waals surface area contributed by atoms with Crippen LogP contribution < -0.4 is 5.32 Å². The second-order valence-electron chi connectivity index (χ2n) is 6.29. The van der Waals surface area contributed by atoms with Crippen molar-refractivity contribution in [1.82, 2.24) is 10.2 Å². The molecule has 1 aliphatic heterocycles. The Bertz CT molecular complexity index is 201. The zero-order chi connectivity index (χ0) is 12.7. The molecule has 17 heavy (non-hydrogen) atoms. The van der Waals surface area contributed by atoms with E-state index in [9.17, 15) is 0 Å². The molecular weight excluding hydrogens is 228 g/mol. The highest BCUT2D eigenvalue weighted by Crippen LogP contribution is 2.17. The molecule has 1 unspecified atom stereocenters. The minimum atomic E-state index is 0.265. The van der Waals surface area contributed by atoms with Crippen LogP contribution in [-0.4, -0.2) is 48.6 Å². The van der Waals surface area contributed by atoms with Gasteiger partial charge in [0.05, 0.1) is 0 Å². The standard InChI is InChI=1S/C14H30N2S/c1-14(2,3)15-11-13-7-5-8-16(12-13)9-6-10-17-4/h13,15H,5-12H2,1-4H3. The molecule has 0 amide bonds. The average Bonchev–Trinajstić information content (AvgIpc) is 2.27. The van der Waals surface area contributed by atoms with Gasteiger partial charge in [-0.25, -0.2) is 0 Å².